The second-order valence-corrected chi connectivity index (χ2v) is 6.80. The van der Waals surface area contributed by atoms with E-state index in [1.807, 2.05) is 26.0 Å². The lowest BCUT2D eigenvalue weighted by atomic mass is 9.68. The second-order valence-electron chi connectivity index (χ2n) is 6.80. The number of carbonyl (C=O) groups is 1. The van der Waals surface area contributed by atoms with Crippen molar-refractivity contribution in [2.75, 3.05) is 11.1 Å². The molecule has 0 spiro atoms. The van der Waals surface area contributed by atoms with Crippen LogP contribution in [0.25, 0.3) is 0 Å². The van der Waals surface area contributed by atoms with Gasteiger partial charge in [0.15, 0.2) is 0 Å². The number of hydrogen-bond acceptors (Lipinski definition) is 2. The van der Waals surface area contributed by atoms with Gasteiger partial charge in [-0.1, -0.05) is 32.8 Å². The first-order chi connectivity index (χ1) is 9.31. The molecule has 1 aliphatic rings. The molecule has 0 radical (unpaired) electrons. The van der Waals surface area contributed by atoms with Gasteiger partial charge in [-0.25, -0.2) is 0 Å². The Morgan fingerprint density at radius 1 is 1.25 bits per heavy atom. The Balaban J connectivity index is 2.17. The number of aryl methyl sites for hydroxylation is 2. The molecule has 110 valence electrons. The fourth-order valence-electron chi connectivity index (χ4n) is 3.20. The van der Waals surface area contributed by atoms with Crippen molar-refractivity contribution in [1.29, 1.82) is 0 Å². The normalized spacial score (nSPS) is 21.5. The Kier molecular flexibility index (Phi) is 4.07. The average molecular weight is 274 g/mol. The van der Waals surface area contributed by atoms with Crippen molar-refractivity contribution in [2.24, 2.45) is 11.3 Å². The third-order valence-corrected chi connectivity index (χ3v) is 4.69. The molecule has 1 unspecified atom stereocenters. The number of nitrogens with one attached hydrogen (secondary N) is 1. The van der Waals surface area contributed by atoms with Gasteiger partial charge in [-0.15, -0.1) is 0 Å². The number of nitrogen functional groups attached to an aromatic ring is 1. The first-order valence-electron chi connectivity index (χ1n) is 7.49. The van der Waals surface area contributed by atoms with Crippen molar-refractivity contribution >= 4 is 17.3 Å². The Morgan fingerprint density at radius 3 is 2.60 bits per heavy atom. The van der Waals surface area contributed by atoms with Crippen LogP contribution < -0.4 is 11.1 Å². The zero-order valence-electron chi connectivity index (χ0n) is 13.0. The fraction of sp³-hybridized carbons (Fsp3) is 0.588. The monoisotopic (exact) mass is 274 g/mol. The van der Waals surface area contributed by atoms with E-state index in [2.05, 4.69) is 19.2 Å². The molecule has 3 N–H and O–H groups in total. The summed E-state index contributed by atoms with van der Waals surface area (Å²) in [6, 6.07) is 3.90. The molecule has 0 heterocycles. The first kappa shape index (κ1) is 14.9. The predicted molar refractivity (Wildman–Crippen MR) is 84.7 cm³/mol. The molecule has 1 atom stereocenters. The van der Waals surface area contributed by atoms with Crippen LogP contribution in [0.4, 0.5) is 11.4 Å². The van der Waals surface area contributed by atoms with E-state index >= 15 is 0 Å². The molecule has 1 fully saturated rings. The molecule has 0 saturated heterocycles. The second kappa shape index (κ2) is 5.47. The number of anilines is 2. The molecule has 1 aromatic rings. The number of nitrogens with two attached hydrogens (primary N) is 1. The molecular formula is C17H26N2O. The summed E-state index contributed by atoms with van der Waals surface area (Å²) >= 11 is 0. The van der Waals surface area contributed by atoms with E-state index < -0.39 is 0 Å². The maximum Gasteiger partial charge on any atom is 0.228 e. The van der Waals surface area contributed by atoms with Crippen molar-refractivity contribution in [1.82, 2.24) is 0 Å². The molecule has 3 nitrogen and oxygen atoms in total. The highest BCUT2D eigenvalue weighted by Crippen LogP contribution is 2.41. The summed E-state index contributed by atoms with van der Waals surface area (Å²) < 4.78 is 0. The predicted octanol–water partition coefficient (Wildman–Crippen LogP) is 4.04. The molecule has 0 aromatic heterocycles. The zero-order valence-corrected chi connectivity index (χ0v) is 13.0. The Bertz CT molecular complexity index is 520. The van der Waals surface area contributed by atoms with E-state index in [0.29, 0.717) is 0 Å². The van der Waals surface area contributed by atoms with Crippen LogP contribution >= 0.6 is 0 Å². The summed E-state index contributed by atoms with van der Waals surface area (Å²) in [5.74, 6) is 0.235. The largest absolute Gasteiger partial charge is 0.398 e. The van der Waals surface area contributed by atoms with Crippen molar-refractivity contribution < 1.29 is 4.79 Å². The maximum atomic E-state index is 12.6. The van der Waals surface area contributed by atoms with Crippen LogP contribution in [0.1, 0.15) is 50.7 Å². The van der Waals surface area contributed by atoms with Gasteiger partial charge in [0.1, 0.15) is 0 Å². The van der Waals surface area contributed by atoms with Gasteiger partial charge in [0.2, 0.25) is 5.91 Å². The number of hydrogen-bond donors (Lipinski definition) is 2. The van der Waals surface area contributed by atoms with Crippen molar-refractivity contribution in [3.05, 3.63) is 23.3 Å². The van der Waals surface area contributed by atoms with Crippen LogP contribution in [-0.2, 0) is 4.79 Å². The summed E-state index contributed by atoms with van der Waals surface area (Å²) in [6.07, 6.45) is 4.49. The summed E-state index contributed by atoms with van der Waals surface area (Å²) in [5, 5.41) is 3.08. The van der Waals surface area contributed by atoms with Crippen LogP contribution in [0.15, 0.2) is 12.1 Å². The third-order valence-electron chi connectivity index (χ3n) is 4.69. The highest BCUT2D eigenvalue weighted by atomic mass is 16.1. The highest BCUT2D eigenvalue weighted by molar-refractivity contribution is 5.94. The van der Waals surface area contributed by atoms with Gasteiger partial charge in [0, 0.05) is 17.3 Å². The van der Waals surface area contributed by atoms with Crippen LogP contribution in [0, 0.1) is 25.2 Å². The van der Waals surface area contributed by atoms with Crippen LogP contribution in [0.5, 0.6) is 0 Å². The van der Waals surface area contributed by atoms with Crippen LogP contribution in [-0.4, -0.2) is 5.91 Å². The van der Waals surface area contributed by atoms with E-state index in [1.54, 1.807) is 0 Å². The van der Waals surface area contributed by atoms with Gasteiger partial charge >= 0.3 is 0 Å². The lowest BCUT2D eigenvalue weighted by molar-refractivity contribution is -0.124. The quantitative estimate of drug-likeness (QED) is 0.800. The topological polar surface area (TPSA) is 55.1 Å². The molecule has 0 bridgehead atoms. The molecule has 1 aromatic carbocycles. The molecule has 20 heavy (non-hydrogen) atoms. The van der Waals surface area contributed by atoms with Gasteiger partial charge in [-0.3, -0.25) is 4.79 Å². The third kappa shape index (κ3) is 2.97. The van der Waals surface area contributed by atoms with Gasteiger partial charge in [-0.05, 0) is 49.3 Å². The van der Waals surface area contributed by atoms with E-state index in [0.717, 1.165) is 41.8 Å². The molecule has 1 aliphatic carbocycles. The molecule has 2 rings (SSSR count). The zero-order chi connectivity index (χ0) is 14.9. The molecule has 1 amide bonds. The molecule has 3 heteroatoms. The molecular weight excluding hydrogens is 248 g/mol. The molecule has 1 saturated carbocycles. The maximum absolute atomic E-state index is 12.6. The van der Waals surface area contributed by atoms with Crippen LogP contribution in [0.3, 0.4) is 0 Å². The summed E-state index contributed by atoms with van der Waals surface area (Å²) in [4.78, 5) is 12.6. The van der Waals surface area contributed by atoms with Crippen molar-refractivity contribution in [3.8, 4) is 0 Å². The Morgan fingerprint density at radius 2 is 1.95 bits per heavy atom. The van der Waals surface area contributed by atoms with Crippen LogP contribution in [0.2, 0.25) is 0 Å². The lowest BCUT2D eigenvalue weighted by Crippen LogP contribution is -2.37. The Hall–Kier alpha value is -1.51. The average Bonchev–Trinajstić information content (AvgIpc) is 2.35. The number of rotatable bonds is 2. The van der Waals surface area contributed by atoms with Gasteiger partial charge in [0.25, 0.3) is 0 Å². The minimum atomic E-state index is 0.0898. The van der Waals surface area contributed by atoms with E-state index in [-0.39, 0.29) is 17.2 Å². The summed E-state index contributed by atoms with van der Waals surface area (Å²) in [6.45, 7) is 8.39. The minimum absolute atomic E-state index is 0.0898. The van der Waals surface area contributed by atoms with E-state index in [9.17, 15) is 4.79 Å². The Labute approximate surface area is 121 Å². The van der Waals surface area contributed by atoms with Crippen molar-refractivity contribution in [3.63, 3.8) is 0 Å². The summed E-state index contributed by atoms with van der Waals surface area (Å²) in [7, 11) is 0. The van der Waals surface area contributed by atoms with Crippen molar-refractivity contribution in [2.45, 2.75) is 53.4 Å². The number of benzene rings is 1. The fourth-order valence-corrected chi connectivity index (χ4v) is 3.20. The van der Waals surface area contributed by atoms with E-state index in [4.69, 9.17) is 5.73 Å². The molecule has 0 aliphatic heterocycles. The number of amides is 1. The van der Waals surface area contributed by atoms with Gasteiger partial charge in [0.05, 0.1) is 0 Å². The number of carbonyl (C=O) groups excluding carboxylic acids is 1. The smallest absolute Gasteiger partial charge is 0.228 e. The minimum Gasteiger partial charge on any atom is -0.398 e. The SMILES string of the molecule is Cc1cc(C)c(NC(=O)C2CCCCC2(C)C)cc1N. The summed E-state index contributed by atoms with van der Waals surface area (Å²) in [5.41, 5.74) is 9.73. The standard InChI is InChI=1S/C17H26N2O/c1-11-9-12(2)15(10-14(11)18)19-16(20)13-7-5-6-8-17(13,3)4/h9-10,13H,5-8,18H2,1-4H3,(H,19,20). The highest BCUT2D eigenvalue weighted by Gasteiger charge is 2.37. The van der Waals surface area contributed by atoms with Gasteiger partial charge < -0.3 is 11.1 Å². The first-order valence-corrected chi connectivity index (χ1v) is 7.49. The van der Waals surface area contributed by atoms with Gasteiger partial charge in [-0.2, -0.15) is 0 Å². The lowest BCUT2D eigenvalue weighted by Gasteiger charge is -2.37. The van der Waals surface area contributed by atoms with E-state index in [1.165, 1.54) is 6.42 Å².